The molecule has 2 N–H and O–H groups in total. The zero-order valence-corrected chi connectivity index (χ0v) is 11.2. The first-order valence-corrected chi connectivity index (χ1v) is 6.75. The molecular formula is C11H16N2O4S. The molecule has 7 heteroatoms. The fourth-order valence-corrected chi connectivity index (χ4v) is 1.85. The summed E-state index contributed by atoms with van der Waals surface area (Å²) in [6.07, 6.45) is -1.02. The first-order chi connectivity index (χ1) is 8.18. The van der Waals surface area contributed by atoms with E-state index in [0.717, 1.165) is 0 Å². The predicted molar refractivity (Wildman–Crippen MR) is 68.4 cm³/mol. The molecule has 0 spiro atoms. The van der Waals surface area contributed by atoms with Gasteiger partial charge < -0.3 is 4.74 Å². The lowest BCUT2D eigenvalue weighted by Crippen LogP contribution is -2.39. The number of hydrogen-bond donors (Lipinski definition) is 2. The molecule has 18 heavy (non-hydrogen) atoms. The van der Waals surface area contributed by atoms with Crippen molar-refractivity contribution in [1.29, 1.82) is 0 Å². The number of rotatable bonds is 3. The summed E-state index contributed by atoms with van der Waals surface area (Å²) in [5.74, 6) is 0. The molecule has 0 fully saturated rings. The van der Waals surface area contributed by atoms with Crippen LogP contribution in [0.1, 0.15) is 20.8 Å². The Kier molecular flexibility index (Phi) is 4.18. The molecule has 0 unspecified atom stereocenters. The van der Waals surface area contributed by atoms with Crippen LogP contribution in [0.15, 0.2) is 30.3 Å². The van der Waals surface area contributed by atoms with Crippen LogP contribution in [0.2, 0.25) is 0 Å². The van der Waals surface area contributed by atoms with Crippen molar-refractivity contribution in [1.82, 2.24) is 4.72 Å². The number of carbonyl (C=O) groups is 1. The van der Waals surface area contributed by atoms with Crippen molar-refractivity contribution in [3.05, 3.63) is 30.3 Å². The summed E-state index contributed by atoms with van der Waals surface area (Å²) in [4.78, 5) is 11.3. The quantitative estimate of drug-likeness (QED) is 0.879. The van der Waals surface area contributed by atoms with Crippen LogP contribution < -0.4 is 9.44 Å². The summed E-state index contributed by atoms with van der Waals surface area (Å²) in [6.45, 7) is 4.93. The summed E-state index contributed by atoms with van der Waals surface area (Å²) < 4.78 is 31.9. The van der Waals surface area contributed by atoms with Crippen LogP contribution in [-0.2, 0) is 14.9 Å². The second-order valence-corrected chi connectivity index (χ2v) is 5.99. The number of benzene rings is 1. The molecule has 0 atom stereocenters. The summed E-state index contributed by atoms with van der Waals surface area (Å²) >= 11 is 0. The van der Waals surface area contributed by atoms with Crippen molar-refractivity contribution in [3.63, 3.8) is 0 Å². The van der Waals surface area contributed by atoms with E-state index >= 15 is 0 Å². The van der Waals surface area contributed by atoms with Gasteiger partial charge in [0, 0.05) is 0 Å². The lowest BCUT2D eigenvalue weighted by atomic mass is 10.2. The van der Waals surface area contributed by atoms with Crippen LogP contribution in [-0.4, -0.2) is 20.1 Å². The second-order valence-electron chi connectivity index (χ2n) is 4.58. The average molecular weight is 272 g/mol. The zero-order valence-electron chi connectivity index (χ0n) is 10.4. The van der Waals surface area contributed by atoms with Gasteiger partial charge in [0.1, 0.15) is 5.60 Å². The highest BCUT2D eigenvalue weighted by Crippen LogP contribution is 2.09. The Morgan fingerprint density at radius 3 is 2.22 bits per heavy atom. The maximum Gasteiger partial charge on any atom is 0.422 e. The molecule has 1 aromatic carbocycles. The summed E-state index contributed by atoms with van der Waals surface area (Å²) in [6, 6.07) is 8.22. The van der Waals surface area contributed by atoms with Crippen molar-refractivity contribution in [2.45, 2.75) is 26.4 Å². The van der Waals surface area contributed by atoms with Gasteiger partial charge >= 0.3 is 16.3 Å². The normalized spacial score (nSPS) is 11.7. The molecule has 0 heterocycles. The van der Waals surface area contributed by atoms with Gasteiger partial charge in [0.25, 0.3) is 0 Å². The molecule has 0 saturated heterocycles. The largest absolute Gasteiger partial charge is 0.443 e. The number of para-hydroxylation sites is 1. The molecule has 0 bridgehead atoms. The van der Waals surface area contributed by atoms with Gasteiger partial charge in [0.15, 0.2) is 0 Å². The Morgan fingerprint density at radius 1 is 1.17 bits per heavy atom. The molecule has 0 aliphatic heterocycles. The first kappa shape index (κ1) is 14.3. The minimum Gasteiger partial charge on any atom is -0.443 e. The van der Waals surface area contributed by atoms with Gasteiger partial charge in [0.2, 0.25) is 0 Å². The van der Waals surface area contributed by atoms with Crippen molar-refractivity contribution in [2.24, 2.45) is 0 Å². The van der Waals surface area contributed by atoms with Crippen molar-refractivity contribution in [2.75, 3.05) is 4.72 Å². The van der Waals surface area contributed by atoms with E-state index in [1.54, 1.807) is 55.8 Å². The van der Waals surface area contributed by atoms with Crippen LogP contribution in [0.4, 0.5) is 10.5 Å². The number of hydrogen-bond acceptors (Lipinski definition) is 4. The highest BCUT2D eigenvalue weighted by molar-refractivity contribution is 7.91. The highest BCUT2D eigenvalue weighted by Gasteiger charge is 2.21. The van der Waals surface area contributed by atoms with Crippen LogP contribution in [0.25, 0.3) is 0 Å². The van der Waals surface area contributed by atoms with Crippen LogP contribution >= 0.6 is 0 Å². The van der Waals surface area contributed by atoms with Gasteiger partial charge in [-0.15, -0.1) is 0 Å². The summed E-state index contributed by atoms with van der Waals surface area (Å²) in [5.41, 5.74) is -0.402. The molecule has 0 saturated carbocycles. The molecule has 1 amide bonds. The topological polar surface area (TPSA) is 84.5 Å². The fourth-order valence-electron chi connectivity index (χ4n) is 1.10. The molecule has 6 nitrogen and oxygen atoms in total. The van der Waals surface area contributed by atoms with Gasteiger partial charge in [-0.2, -0.15) is 8.42 Å². The van der Waals surface area contributed by atoms with Gasteiger partial charge in [-0.25, -0.2) is 9.52 Å². The number of nitrogens with one attached hydrogen (secondary N) is 2. The summed E-state index contributed by atoms with van der Waals surface area (Å²) in [5, 5.41) is 0. The van der Waals surface area contributed by atoms with Gasteiger partial charge in [-0.05, 0) is 32.9 Å². The maximum atomic E-state index is 11.6. The van der Waals surface area contributed by atoms with Crippen molar-refractivity contribution in [3.8, 4) is 0 Å². The smallest absolute Gasteiger partial charge is 0.422 e. The Balaban J connectivity index is 2.63. The van der Waals surface area contributed by atoms with Gasteiger partial charge in [0.05, 0.1) is 5.69 Å². The SMILES string of the molecule is CC(C)(C)OC(=O)NS(=O)(=O)Nc1ccccc1. The number of ether oxygens (including phenoxy) is 1. The van der Waals surface area contributed by atoms with E-state index in [9.17, 15) is 13.2 Å². The number of amides is 1. The Bertz CT molecular complexity index is 506. The fraction of sp³-hybridized carbons (Fsp3) is 0.364. The molecule has 0 aliphatic rings. The minimum absolute atomic E-state index is 0.355. The highest BCUT2D eigenvalue weighted by atomic mass is 32.2. The van der Waals surface area contributed by atoms with Crippen molar-refractivity contribution < 1.29 is 17.9 Å². The Labute approximate surface area is 107 Å². The van der Waals surface area contributed by atoms with E-state index in [-0.39, 0.29) is 0 Å². The van der Waals surface area contributed by atoms with Gasteiger partial charge in [-0.3, -0.25) is 4.72 Å². The van der Waals surface area contributed by atoms with E-state index in [4.69, 9.17) is 4.74 Å². The molecule has 1 rings (SSSR count). The second kappa shape index (κ2) is 5.26. The number of anilines is 1. The van der Waals surface area contributed by atoms with Crippen LogP contribution in [0.5, 0.6) is 0 Å². The third-order valence-corrected chi connectivity index (χ3v) is 2.58. The van der Waals surface area contributed by atoms with Gasteiger partial charge in [-0.1, -0.05) is 18.2 Å². The van der Waals surface area contributed by atoms with Crippen LogP contribution in [0, 0.1) is 0 Å². The molecule has 0 aliphatic carbocycles. The van der Waals surface area contributed by atoms with Crippen molar-refractivity contribution >= 4 is 22.0 Å². The van der Waals surface area contributed by atoms with E-state index in [1.807, 2.05) is 0 Å². The Hall–Kier alpha value is -1.76. The molecule has 100 valence electrons. The molecule has 0 radical (unpaired) electrons. The zero-order chi connectivity index (χ0) is 13.8. The third kappa shape index (κ3) is 5.53. The molecule has 1 aromatic rings. The van der Waals surface area contributed by atoms with Crippen LogP contribution in [0.3, 0.4) is 0 Å². The van der Waals surface area contributed by atoms with E-state index in [1.165, 1.54) is 0 Å². The third-order valence-electron chi connectivity index (χ3n) is 1.64. The first-order valence-electron chi connectivity index (χ1n) is 5.26. The van der Waals surface area contributed by atoms with E-state index < -0.39 is 21.9 Å². The predicted octanol–water partition coefficient (Wildman–Crippen LogP) is 1.87. The lowest BCUT2D eigenvalue weighted by molar-refractivity contribution is 0.0570. The van der Waals surface area contributed by atoms with E-state index in [2.05, 4.69) is 4.72 Å². The van der Waals surface area contributed by atoms with E-state index in [0.29, 0.717) is 5.69 Å². The Morgan fingerprint density at radius 2 is 1.72 bits per heavy atom. The maximum absolute atomic E-state index is 11.6. The molecular weight excluding hydrogens is 256 g/mol. The standard InChI is InChI=1S/C11H16N2O4S/c1-11(2,3)17-10(14)13-18(15,16)12-9-7-5-4-6-8-9/h4-8,12H,1-3H3,(H,13,14). The monoisotopic (exact) mass is 272 g/mol. The number of carbonyl (C=O) groups excluding carboxylic acids is 1. The lowest BCUT2D eigenvalue weighted by Gasteiger charge is -2.19. The minimum atomic E-state index is -3.98. The average Bonchev–Trinajstić information content (AvgIpc) is 2.13. The molecule has 0 aromatic heterocycles. The summed E-state index contributed by atoms with van der Waals surface area (Å²) in [7, 11) is -3.98.